The molecule has 1 unspecified atom stereocenters. The molecule has 0 aromatic carbocycles. The Morgan fingerprint density at radius 2 is 1.56 bits per heavy atom. The number of hydrogen-bond acceptors (Lipinski definition) is 3. The van der Waals surface area contributed by atoms with Gasteiger partial charge >= 0.3 is 5.97 Å². The monoisotopic (exact) mass is 378 g/mol. The Kier molecular flexibility index (Phi) is 14.1. The van der Waals surface area contributed by atoms with Gasteiger partial charge in [0.25, 0.3) is 0 Å². The van der Waals surface area contributed by atoms with Gasteiger partial charge in [-0.15, -0.1) is 0 Å². The number of cyclic esters (lactones) is 1. The Labute approximate surface area is 167 Å². The Balaban J connectivity index is 1.86. The molecule has 1 saturated heterocycles. The minimum Gasteiger partial charge on any atom is -0.461 e. The Hall–Kier alpha value is -1.09. The predicted octanol–water partition coefficient (Wildman–Crippen LogP) is 6.50. The van der Waals surface area contributed by atoms with Gasteiger partial charge in [0.15, 0.2) is 0 Å². The molecule has 0 radical (unpaired) electrons. The van der Waals surface area contributed by atoms with Crippen molar-refractivity contribution in [2.75, 3.05) is 0 Å². The van der Waals surface area contributed by atoms with E-state index in [9.17, 15) is 9.90 Å². The van der Waals surface area contributed by atoms with Crippen molar-refractivity contribution in [1.82, 2.24) is 0 Å². The molecular formula is C24H42O3. The molecule has 156 valence electrons. The van der Waals surface area contributed by atoms with Crippen molar-refractivity contribution in [3.8, 4) is 0 Å². The van der Waals surface area contributed by atoms with Gasteiger partial charge in [0.05, 0.1) is 12.0 Å². The molecule has 1 fully saturated rings. The van der Waals surface area contributed by atoms with Crippen molar-refractivity contribution >= 4 is 5.97 Å². The van der Waals surface area contributed by atoms with Crippen LogP contribution in [0, 0.1) is 5.92 Å². The molecule has 3 atom stereocenters. The summed E-state index contributed by atoms with van der Waals surface area (Å²) in [6.45, 7) is 4.25. The molecule has 0 amide bonds. The maximum absolute atomic E-state index is 11.2. The van der Waals surface area contributed by atoms with Crippen LogP contribution in [0.1, 0.15) is 104 Å². The molecule has 0 bridgehead atoms. The van der Waals surface area contributed by atoms with Crippen molar-refractivity contribution in [2.45, 2.75) is 116 Å². The number of aliphatic hydroxyl groups is 1. The highest BCUT2D eigenvalue weighted by Crippen LogP contribution is 2.29. The molecule has 0 spiro atoms. The van der Waals surface area contributed by atoms with E-state index in [4.69, 9.17) is 4.74 Å². The van der Waals surface area contributed by atoms with Crippen LogP contribution in [0.4, 0.5) is 0 Å². The molecule has 0 aromatic heterocycles. The summed E-state index contributed by atoms with van der Waals surface area (Å²) in [6.07, 6.45) is 24.5. The van der Waals surface area contributed by atoms with E-state index in [1.54, 1.807) is 0 Å². The highest BCUT2D eigenvalue weighted by Gasteiger charge is 2.41. The molecule has 0 aromatic rings. The van der Waals surface area contributed by atoms with Gasteiger partial charge in [-0.05, 0) is 44.9 Å². The van der Waals surface area contributed by atoms with E-state index in [-0.39, 0.29) is 24.1 Å². The summed E-state index contributed by atoms with van der Waals surface area (Å²) in [5.41, 5.74) is 0. The first-order chi connectivity index (χ1) is 13.2. The quantitative estimate of drug-likeness (QED) is 0.178. The van der Waals surface area contributed by atoms with Gasteiger partial charge in [0.1, 0.15) is 6.10 Å². The van der Waals surface area contributed by atoms with Crippen LogP contribution in [0.3, 0.4) is 0 Å². The predicted molar refractivity (Wildman–Crippen MR) is 114 cm³/mol. The number of esters is 1. The average molecular weight is 379 g/mol. The van der Waals surface area contributed by atoms with Crippen LogP contribution >= 0.6 is 0 Å². The first-order valence-corrected chi connectivity index (χ1v) is 11.4. The number of rotatable bonds is 17. The number of ether oxygens (including phenoxy) is 1. The largest absolute Gasteiger partial charge is 0.461 e. The van der Waals surface area contributed by atoms with Crippen molar-refractivity contribution in [3.63, 3.8) is 0 Å². The van der Waals surface area contributed by atoms with Crippen LogP contribution in [-0.2, 0) is 9.53 Å². The topological polar surface area (TPSA) is 46.5 Å². The second kappa shape index (κ2) is 15.9. The fraction of sp³-hybridized carbons (Fsp3) is 0.792. The standard InChI is InChI=1S/C24H42O3/c1-3-5-6-7-8-9-10-11-12-13-14-15-16-17-18-19-21(25)20-23-22(4-2)24(26)27-23/h8-9,11-12,21-23,25H,3-7,10,13-20H2,1-2H3/b9-8-,12-11-/t21?,22-,23-/m1/s1. The lowest BCUT2D eigenvalue weighted by atomic mass is 9.89. The summed E-state index contributed by atoms with van der Waals surface area (Å²) in [6, 6.07) is 0. The third kappa shape index (κ3) is 11.4. The molecule has 1 aliphatic heterocycles. The van der Waals surface area contributed by atoms with Crippen LogP contribution in [0.25, 0.3) is 0 Å². The maximum Gasteiger partial charge on any atom is 0.313 e. The van der Waals surface area contributed by atoms with Crippen LogP contribution in [0.15, 0.2) is 24.3 Å². The number of carbonyl (C=O) groups excluding carboxylic acids is 1. The normalized spacial score (nSPS) is 20.9. The van der Waals surface area contributed by atoms with Crippen LogP contribution in [0.5, 0.6) is 0 Å². The van der Waals surface area contributed by atoms with Gasteiger partial charge in [-0.25, -0.2) is 0 Å². The molecule has 1 aliphatic rings. The smallest absolute Gasteiger partial charge is 0.313 e. The molecule has 1 heterocycles. The molecule has 27 heavy (non-hydrogen) atoms. The van der Waals surface area contributed by atoms with Gasteiger partial charge in [-0.1, -0.05) is 76.7 Å². The number of carbonyl (C=O) groups is 1. The maximum atomic E-state index is 11.2. The highest BCUT2D eigenvalue weighted by atomic mass is 16.6. The van der Waals surface area contributed by atoms with E-state index in [1.165, 1.54) is 57.8 Å². The van der Waals surface area contributed by atoms with Crippen LogP contribution in [0.2, 0.25) is 0 Å². The lowest BCUT2D eigenvalue weighted by Gasteiger charge is -2.35. The molecule has 3 nitrogen and oxygen atoms in total. The van der Waals surface area contributed by atoms with Gasteiger partial charge in [0.2, 0.25) is 0 Å². The lowest BCUT2D eigenvalue weighted by Crippen LogP contribution is -2.46. The van der Waals surface area contributed by atoms with E-state index < -0.39 is 0 Å². The third-order valence-electron chi connectivity index (χ3n) is 5.45. The fourth-order valence-corrected chi connectivity index (χ4v) is 3.62. The average Bonchev–Trinajstić information content (AvgIpc) is 2.64. The Morgan fingerprint density at radius 1 is 0.926 bits per heavy atom. The molecule has 1 N–H and O–H groups in total. The number of aliphatic hydroxyl groups excluding tert-OH is 1. The highest BCUT2D eigenvalue weighted by molar-refractivity contribution is 5.78. The van der Waals surface area contributed by atoms with Gasteiger partial charge in [0, 0.05) is 6.42 Å². The van der Waals surface area contributed by atoms with Crippen molar-refractivity contribution in [2.24, 2.45) is 5.92 Å². The lowest BCUT2D eigenvalue weighted by molar-refractivity contribution is -0.188. The molecular weight excluding hydrogens is 336 g/mol. The summed E-state index contributed by atoms with van der Waals surface area (Å²) in [7, 11) is 0. The second-order valence-electron chi connectivity index (χ2n) is 7.90. The molecule has 0 aliphatic carbocycles. The first kappa shape index (κ1) is 23.9. The zero-order valence-corrected chi connectivity index (χ0v) is 17.7. The SMILES string of the molecule is CCCCC/C=C\C/C=C\CCCCCCCC(O)C[C@H]1OC(=O)[C@@H]1CC. The van der Waals surface area contributed by atoms with Gasteiger partial charge in [-0.3, -0.25) is 4.79 Å². The van der Waals surface area contributed by atoms with E-state index in [1.807, 2.05) is 6.92 Å². The number of allylic oxidation sites excluding steroid dienone is 4. The van der Waals surface area contributed by atoms with E-state index in [0.29, 0.717) is 6.42 Å². The second-order valence-corrected chi connectivity index (χ2v) is 7.90. The minimum absolute atomic E-state index is 0.0178. The first-order valence-electron chi connectivity index (χ1n) is 11.4. The van der Waals surface area contributed by atoms with Gasteiger partial charge < -0.3 is 9.84 Å². The fourth-order valence-electron chi connectivity index (χ4n) is 3.62. The van der Waals surface area contributed by atoms with E-state index in [0.717, 1.165) is 25.7 Å². The summed E-state index contributed by atoms with van der Waals surface area (Å²) in [5, 5.41) is 10.1. The minimum atomic E-state index is -0.324. The summed E-state index contributed by atoms with van der Waals surface area (Å²) in [4.78, 5) is 11.2. The Morgan fingerprint density at radius 3 is 2.19 bits per heavy atom. The third-order valence-corrected chi connectivity index (χ3v) is 5.45. The van der Waals surface area contributed by atoms with Crippen molar-refractivity contribution in [3.05, 3.63) is 24.3 Å². The summed E-state index contributed by atoms with van der Waals surface area (Å²) in [5.74, 6) is -0.0731. The Bertz CT molecular complexity index is 427. The van der Waals surface area contributed by atoms with Gasteiger partial charge in [-0.2, -0.15) is 0 Å². The zero-order chi connectivity index (χ0) is 19.7. The van der Waals surface area contributed by atoms with Crippen molar-refractivity contribution in [1.29, 1.82) is 0 Å². The number of unbranched alkanes of at least 4 members (excludes halogenated alkanes) is 8. The summed E-state index contributed by atoms with van der Waals surface area (Å²) < 4.78 is 5.13. The summed E-state index contributed by atoms with van der Waals surface area (Å²) >= 11 is 0. The van der Waals surface area contributed by atoms with Crippen LogP contribution < -0.4 is 0 Å². The molecule has 3 heteroatoms. The van der Waals surface area contributed by atoms with E-state index >= 15 is 0 Å². The van der Waals surface area contributed by atoms with Crippen LogP contribution in [-0.4, -0.2) is 23.3 Å². The van der Waals surface area contributed by atoms with Crippen molar-refractivity contribution < 1.29 is 14.6 Å². The molecule has 1 rings (SSSR count). The number of hydrogen-bond donors (Lipinski definition) is 1. The van der Waals surface area contributed by atoms with E-state index in [2.05, 4.69) is 31.2 Å². The zero-order valence-electron chi connectivity index (χ0n) is 17.7. The molecule has 0 saturated carbocycles.